The zero-order valence-electron chi connectivity index (χ0n) is 7.95. The van der Waals surface area contributed by atoms with E-state index in [9.17, 15) is 4.79 Å². The fourth-order valence-corrected chi connectivity index (χ4v) is 1.76. The topological polar surface area (TPSA) is 87.6 Å². The molecule has 0 saturated carbocycles. The van der Waals surface area contributed by atoms with E-state index in [1.54, 1.807) is 18.2 Å². The van der Waals surface area contributed by atoms with Crippen LogP contribution in [0.3, 0.4) is 0 Å². The highest BCUT2D eigenvalue weighted by Crippen LogP contribution is 2.24. The zero-order chi connectivity index (χ0) is 11.7. The summed E-state index contributed by atoms with van der Waals surface area (Å²) in [6.07, 6.45) is 0. The van der Waals surface area contributed by atoms with Crippen molar-refractivity contribution in [2.24, 2.45) is 0 Å². The van der Waals surface area contributed by atoms with Gasteiger partial charge in [-0.3, -0.25) is 14.9 Å². The van der Waals surface area contributed by atoms with Crippen LogP contribution in [-0.2, 0) is 0 Å². The first-order chi connectivity index (χ1) is 7.58. The van der Waals surface area contributed by atoms with Crippen LogP contribution in [0, 0.1) is 4.77 Å². The van der Waals surface area contributed by atoms with E-state index in [0.29, 0.717) is 11.3 Å². The Bertz CT molecular complexity index is 648. The van der Waals surface area contributed by atoms with E-state index in [1.165, 1.54) is 0 Å². The number of halogens is 1. The summed E-state index contributed by atoms with van der Waals surface area (Å²) in [6, 6.07) is 5.21. The molecule has 1 heterocycles. The van der Waals surface area contributed by atoms with Crippen LogP contribution < -0.4 is 11.3 Å². The quantitative estimate of drug-likeness (QED) is 0.554. The molecule has 4 N–H and O–H groups in total. The molecule has 0 bridgehead atoms. The molecule has 0 saturated heterocycles. The number of benzene rings is 1. The molecule has 0 atom stereocenters. The Morgan fingerprint density at radius 1 is 1.44 bits per heavy atom. The maximum Gasteiger partial charge on any atom is 0.278 e. The molecule has 16 heavy (non-hydrogen) atoms. The third-order valence-corrected chi connectivity index (χ3v) is 2.67. The van der Waals surface area contributed by atoms with Crippen molar-refractivity contribution >= 4 is 33.8 Å². The summed E-state index contributed by atoms with van der Waals surface area (Å²) in [5.74, 6) is 0. The molecule has 0 aliphatic heterocycles. The summed E-state index contributed by atoms with van der Waals surface area (Å²) in [5.41, 5.74) is 6.66. The maximum atomic E-state index is 11.6. The third-order valence-electron chi connectivity index (χ3n) is 1.98. The van der Waals surface area contributed by atoms with Crippen LogP contribution in [0.25, 0.3) is 11.3 Å². The van der Waals surface area contributed by atoms with Crippen LogP contribution in [0.2, 0.25) is 0 Å². The SMILES string of the molecule is Nc1ccc(Br)cc1-c1n[nH]c(=S)[nH]c1=O. The van der Waals surface area contributed by atoms with E-state index in [1.807, 2.05) is 0 Å². The molecule has 0 aliphatic carbocycles. The average Bonchev–Trinajstić information content (AvgIpc) is 2.22. The van der Waals surface area contributed by atoms with Crippen molar-refractivity contribution in [2.45, 2.75) is 0 Å². The summed E-state index contributed by atoms with van der Waals surface area (Å²) in [6.45, 7) is 0. The van der Waals surface area contributed by atoms with Gasteiger partial charge in [-0.1, -0.05) is 15.9 Å². The number of nitrogens with one attached hydrogen (secondary N) is 2. The Kier molecular flexibility index (Phi) is 2.88. The van der Waals surface area contributed by atoms with Crippen LogP contribution in [0.1, 0.15) is 0 Å². The summed E-state index contributed by atoms with van der Waals surface area (Å²) in [4.78, 5) is 14.1. The number of anilines is 1. The minimum Gasteiger partial charge on any atom is -0.398 e. The minimum absolute atomic E-state index is 0.183. The fraction of sp³-hybridized carbons (Fsp3) is 0. The summed E-state index contributed by atoms with van der Waals surface area (Å²) < 4.78 is 1.00. The van der Waals surface area contributed by atoms with E-state index in [2.05, 4.69) is 31.1 Å². The Balaban J connectivity index is 2.72. The predicted octanol–water partition coefficient (Wildman–Crippen LogP) is 1.84. The second kappa shape index (κ2) is 4.18. The van der Waals surface area contributed by atoms with Gasteiger partial charge in [0.25, 0.3) is 5.56 Å². The highest BCUT2D eigenvalue weighted by Gasteiger charge is 2.09. The molecule has 5 nitrogen and oxygen atoms in total. The molecule has 0 unspecified atom stereocenters. The highest BCUT2D eigenvalue weighted by atomic mass is 79.9. The molecule has 1 aromatic carbocycles. The normalized spacial score (nSPS) is 10.3. The van der Waals surface area contributed by atoms with Gasteiger partial charge in [-0.15, -0.1) is 0 Å². The lowest BCUT2D eigenvalue weighted by Crippen LogP contribution is -2.13. The highest BCUT2D eigenvalue weighted by molar-refractivity contribution is 9.10. The fourth-order valence-electron chi connectivity index (χ4n) is 1.26. The standard InChI is InChI=1S/C9H7BrN4OS/c10-4-1-2-6(11)5(3-4)7-8(15)12-9(16)14-13-7/h1-3H,11H2,(H2,12,14,15,16). The minimum atomic E-state index is -0.367. The smallest absolute Gasteiger partial charge is 0.278 e. The number of hydrogen-bond acceptors (Lipinski definition) is 4. The van der Waals surface area contributed by atoms with Gasteiger partial charge in [0.2, 0.25) is 0 Å². The van der Waals surface area contributed by atoms with E-state index in [0.717, 1.165) is 4.47 Å². The number of nitrogen functional groups attached to an aromatic ring is 1. The summed E-state index contributed by atoms with van der Waals surface area (Å²) >= 11 is 8.06. The number of nitrogens with zero attached hydrogens (tertiary/aromatic N) is 1. The molecule has 82 valence electrons. The first-order valence-corrected chi connectivity index (χ1v) is 5.52. The molecule has 0 aliphatic rings. The maximum absolute atomic E-state index is 11.6. The molecule has 0 radical (unpaired) electrons. The number of hydrogen-bond donors (Lipinski definition) is 3. The molecule has 0 fully saturated rings. The van der Waals surface area contributed by atoms with Crippen molar-refractivity contribution in [3.63, 3.8) is 0 Å². The molecule has 1 aromatic heterocycles. The van der Waals surface area contributed by atoms with Crippen LogP contribution in [0.5, 0.6) is 0 Å². The van der Waals surface area contributed by atoms with Gasteiger partial charge in [-0.2, -0.15) is 5.10 Å². The van der Waals surface area contributed by atoms with Gasteiger partial charge < -0.3 is 5.73 Å². The number of aromatic amines is 2. The number of aromatic nitrogens is 3. The molecule has 0 amide bonds. The van der Waals surface area contributed by atoms with Gasteiger partial charge in [-0.25, -0.2) is 0 Å². The number of nitrogens with two attached hydrogens (primary N) is 1. The van der Waals surface area contributed by atoms with Crippen LogP contribution >= 0.6 is 28.1 Å². The van der Waals surface area contributed by atoms with E-state index < -0.39 is 0 Å². The van der Waals surface area contributed by atoms with Crippen molar-refractivity contribution in [2.75, 3.05) is 5.73 Å². The van der Waals surface area contributed by atoms with Crippen LogP contribution in [-0.4, -0.2) is 15.2 Å². The third kappa shape index (κ3) is 2.05. The van der Waals surface area contributed by atoms with Gasteiger partial charge in [0.15, 0.2) is 10.5 Å². The number of rotatable bonds is 1. The zero-order valence-corrected chi connectivity index (χ0v) is 10.4. The molecular formula is C9H7BrN4OS. The summed E-state index contributed by atoms with van der Waals surface area (Å²) in [7, 11) is 0. The van der Waals surface area contributed by atoms with Gasteiger partial charge in [0, 0.05) is 15.7 Å². The first-order valence-electron chi connectivity index (χ1n) is 4.32. The van der Waals surface area contributed by atoms with Crippen molar-refractivity contribution < 1.29 is 0 Å². The lowest BCUT2D eigenvalue weighted by Gasteiger charge is -2.03. The second-order valence-corrected chi connectivity index (χ2v) is 4.41. The molecule has 7 heteroatoms. The van der Waals surface area contributed by atoms with Crippen molar-refractivity contribution in [1.82, 2.24) is 15.2 Å². The average molecular weight is 299 g/mol. The van der Waals surface area contributed by atoms with Crippen molar-refractivity contribution in [3.8, 4) is 11.3 Å². The lowest BCUT2D eigenvalue weighted by molar-refractivity contribution is 0.932. The lowest BCUT2D eigenvalue weighted by atomic mass is 10.1. The van der Waals surface area contributed by atoms with Gasteiger partial charge in [0.05, 0.1) is 0 Å². The van der Waals surface area contributed by atoms with Gasteiger partial charge in [0.1, 0.15) is 0 Å². The van der Waals surface area contributed by atoms with E-state index in [-0.39, 0.29) is 16.0 Å². The van der Waals surface area contributed by atoms with Crippen molar-refractivity contribution in [1.29, 1.82) is 0 Å². The Morgan fingerprint density at radius 2 is 2.19 bits per heavy atom. The van der Waals surface area contributed by atoms with Gasteiger partial charge >= 0.3 is 0 Å². The Morgan fingerprint density at radius 3 is 2.88 bits per heavy atom. The Hall–Kier alpha value is -1.47. The molecular weight excluding hydrogens is 292 g/mol. The van der Waals surface area contributed by atoms with Crippen molar-refractivity contribution in [3.05, 3.63) is 37.8 Å². The van der Waals surface area contributed by atoms with Crippen LogP contribution in [0.4, 0.5) is 5.69 Å². The second-order valence-electron chi connectivity index (χ2n) is 3.09. The summed E-state index contributed by atoms with van der Waals surface area (Å²) in [5, 5.41) is 6.40. The molecule has 2 rings (SSSR count). The Labute approximate surface area is 104 Å². The molecule has 0 spiro atoms. The first kappa shape index (κ1) is 11.0. The monoisotopic (exact) mass is 298 g/mol. The van der Waals surface area contributed by atoms with E-state index in [4.69, 9.17) is 18.0 Å². The predicted molar refractivity (Wildman–Crippen MR) is 67.6 cm³/mol. The largest absolute Gasteiger partial charge is 0.398 e. The van der Waals surface area contributed by atoms with E-state index >= 15 is 0 Å². The van der Waals surface area contributed by atoms with Gasteiger partial charge in [-0.05, 0) is 30.4 Å². The molecule has 2 aromatic rings. The number of H-pyrrole nitrogens is 2. The van der Waals surface area contributed by atoms with Crippen LogP contribution in [0.15, 0.2) is 27.5 Å².